The van der Waals surface area contributed by atoms with Crippen molar-refractivity contribution >= 4 is 15.9 Å². The Labute approximate surface area is 178 Å². The normalized spacial score (nSPS) is 19.6. The molecule has 2 aromatic carbocycles. The van der Waals surface area contributed by atoms with Gasteiger partial charge in [0, 0.05) is 25.0 Å². The highest BCUT2D eigenvalue weighted by Gasteiger charge is 2.43. The number of rotatable bonds is 7. The second kappa shape index (κ2) is 9.06. The molecule has 1 N–H and O–H groups in total. The van der Waals surface area contributed by atoms with Gasteiger partial charge < -0.3 is 14.8 Å². The molecule has 1 aliphatic rings. The lowest BCUT2D eigenvalue weighted by atomic mass is 9.88. The molecule has 1 heterocycles. The molecular formula is C22H28N2O5S. The molecule has 0 radical (unpaired) electrons. The fraction of sp³-hybridized carbons (Fsp3) is 0.409. The Kier molecular flexibility index (Phi) is 6.67. The van der Waals surface area contributed by atoms with Gasteiger partial charge >= 0.3 is 0 Å². The van der Waals surface area contributed by atoms with Gasteiger partial charge in [-0.3, -0.25) is 4.79 Å². The SMILES string of the molecule is COc1ccc(S(=O)(=O)N2CC(C(=O)NC(C)C)C(c3cccc(OC)c3)C2)cc1. The first kappa shape index (κ1) is 22.1. The Morgan fingerprint density at radius 2 is 1.70 bits per heavy atom. The maximum Gasteiger partial charge on any atom is 0.243 e. The number of carbonyl (C=O) groups is 1. The molecule has 0 saturated carbocycles. The fourth-order valence-electron chi connectivity index (χ4n) is 3.73. The van der Waals surface area contributed by atoms with E-state index in [2.05, 4.69) is 5.32 Å². The summed E-state index contributed by atoms with van der Waals surface area (Å²) in [6.45, 7) is 4.12. The van der Waals surface area contributed by atoms with Crippen LogP contribution < -0.4 is 14.8 Å². The van der Waals surface area contributed by atoms with Crippen LogP contribution in [0.4, 0.5) is 0 Å². The quantitative estimate of drug-likeness (QED) is 0.727. The number of benzene rings is 2. The molecule has 2 atom stereocenters. The molecule has 1 saturated heterocycles. The molecule has 8 heteroatoms. The van der Waals surface area contributed by atoms with Crippen molar-refractivity contribution in [2.45, 2.75) is 30.7 Å². The van der Waals surface area contributed by atoms with Gasteiger partial charge in [0.2, 0.25) is 15.9 Å². The molecule has 1 amide bonds. The van der Waals surface area contributed by atoms with Crippen LogP contribution in [0.3, 0.4) is 0 Å². The first-order valence-corrected chi connectivity index (χ1v) is 11.3. The summed E-state index contributed by atoms with van der Waals surface area (Å²) >= 11 is 0. The Bertz CT molecular complexity index is 989. The molecule has 0 aliphatic carbocycles. The molecule has 1 aliphatic heterocycles. The highest BCUT2D eigenvalue weighted by atomic mass is 32.2. The van der Waals surface area contributed by atoms with Gasteiger partial charge in [-0.2, -0.15) is 4.31 Å². The first-order chi connectivity index (χ1) is 14.3. The van der Waals surface area contributed by atoms with Gasteiger partial charge in [-0.05, 0) is 55.8 Å². The van der Waals surface area contributed by atoms with E-state index in [9.17, 15) is 13.2 Å². The number of hydrogen-bond donors (Lipinski definition) is 1. The van der Waals surface area contributed by atoms with Crippen molar-refractivity contribution in [1.29, 1.82) is 0 Å². The summed E-state index contributed by atoms with van der Waals surface area (Å²) in [7, 11) is -0.640. The lowest BCUT2D eigenvalue weighted by molar-refractivity contribution is -0.125. The minimum Gasteiger partial charge on any atom is -0.497 e. The van der Waals surface area contributed by atoms with E-state index < -0.39 is 15.9 Å². The summed E-state index contributed by atoms with van der Waals surface area (Å²) in [5.41, 5.74) is 0.880. The van der Waals surface area contributed by atoms with Crippen LogP contribution in [0.25, 0.3) is 0 Å². The summed E-state index contributed by atoms with van der Waals surface area (Å²) in [5.74, 6) is 0.343. The van der Waals surface area contributed by atoms with Gasteiger partial charge in [0.25, 0.3) is 0 Å². The van der Waals surface area contributed by atoms with Crippen molar-refractivity contribution in [3.63, 3.8) is 0 Å². The van der Waals surface area contributed by atoms with Gasteiger partial charge in [0.05, 0.1) is 25.0 Å². The van der Waals surface area contributed by atoms with E-state index in [-0.39, 0.29) is 35.9 Å². The number of nitrogens with one attached hydrogen (secondary N) is 1. The van der Waals surface area contributed by atoms with E-state index in [1.165, 1.54) is 23.5 Å². The predicted octanol–water partition coefficient (Wildman–Crippen LogP) is 2.63. The van der Waals surface area contributed by atoms with E-state index in [1.54, 1.807) is 19.2 Å². The number of nitrogens with zero attached hydrogens (tertiary/aromatic N) is 1. The standard InChI is InChI=1S/C22H28N2O5S/c1-15(2)23-22(25)21-14-24(13-20(21)16-6-5-7-18(12-16)29-4)30(26,27)19-10-8-17(28-3)9-11-19/h5-12,15,20-21H,13-14H2,1-4H3,(H,23,25). The average molecular weight is 433 g/mol. The van der Waals surface area contributed by atoms with Gasteiger partial charge in [-0.25, -0.2) is 8.42 Å². The second-order valence-corrected chi connectivity index (χ2v) is 9.59. The van der Waals surface area contributed by atoms with Crippen LogP contribution in [0.5, 0.6) is 11.5 Å². The van der Waals surface area contributed by atoms with Gasteiger partial charge in [0.1, 0.15) is 11.5 Å². The van der Waals surface area contributed by atoms with Crippen molar-refractivity contribution in [3.05, 3.63) is 54.1 Å². The topological polar surface area (TPSA) is 84.9 Å². The van der Waals surface area contributed by atoms with Crippen LogP contribution in [0.1, 0.15) is 25.3 Å². The molecule has 2 aromatic rings. The highest BCUT2D eigenvalue weighted by Crippen LogP contribution is 2.37. The highest BCUT2D eigenvalue weighted by molar-refractivity contribution is 7.89. The fourth-order valence-corrected chi connectivity index (χ4v) is 5.22. The van der Waals surface area contributed by atoms with E-state index in [0.717, 1.165) is 5.56 Å². The van der Waals surface area contributed by atoms with E-state index >= 15 is 0 Å². The Hall–Kier alpha value is -2.58. The Balaban J connectivity index is 1.94. The summed E-state index contributed by atoms with van der Waals surface area (Å²) < 4.78 is 38.3. The number of methoxy groups -OCH3 is 2. The molecule has 1 fully saturated rings. The number of sulfonamides is 1. The van der Waals surface area contributed by atoms with Gasteiger partial charge in [-0.15, -0.1) is 0 Å². The minimum atomic E-state index is -3.75. The third-order valence-electron chi connectivity index (χ3n) is 5.27. The van der Waals surface area contributed by atoms with E-state index in [1.807, 2.05) is 38.1 Å². The van der Waals surface area contributed by atoms with Crippen LogP contribution in [-0.2, 0) is 14.8 Å². The van der Waals surface area contributed by atoms with E-state index in [4.69, 9.17) is 9.47 Å². The predicted molar refractivity (Wildman–Crippen MR) is 114 cm³/mol. The van der Waals surface area contributed by atoms with Gasteiger partial charge in [0.15, 0.2) is 0 Å². The maximum absolute atomic E-state index is 13.3. The maximum atomic E-state index is 13.3. The minimum absolute atomic E-state index is 0.0318. The largest absolute Gasteiger partial charge is 0.497 e. The smallest absolute Gasteiger partial charge is 0.243 e. The van der Waals surface area contributed by atoms with E-state index in [0.29, 0.717) is 11.5 Å². The summed E-state index contributed by atoms with van der Waals surface area (Å²) in [6, 6.07) is 13.7. The molecule has 162 valence electrons. The van der Waals surface area contributed by atoms with Crippen LogP contribution in [0.2, 0.25) is 0 Å². The third-order valence-corrected chi connectivity index (χ3v) is 7.12. The van der Waals surface area contributed by atoms with Crippen LogP contribution in [0, 0.1) is 5.92 Å². The zero-order valence-corrected chi connectivity index (χ0v) is 18.5. The van der Waals surface area contributed by atoms with Crippen molar-refractivity contribution < 1.29 is 22.7 Å². The summed E-state index contributed by atoms with van der Waals surface area (Å²) in [6.07, 6.45) is 0. The molecule has 0 spiro atoms. The average Bonchev–Trinajstić information content (AvgIpc) is 3.20. The summed E-state index contributed by atoms with van der Waals surface area (Å²) in [4.78, 5) is 13.1. The lowest BCUT2D eigenvalue weighted by Crippen LogP contribution is -2.39. The molecule has 0 aromatic heterocycles. The van der Waals surface area contributed by atoms with Crippen molar-refractivity contribution in [3.8, 4) is 11.5 Å². The molecule has 3 rings (SSSR count). The number of hydrogen-bond acceptors (Lipinski definition) is 5. The molecule has 2 unspecified atom stereocenters. The number of carbonyl (C=O) groups excluding carboxylic acids is 1. The van der Waals surface area contributed by atoms with Crippen molar-refractivity contribution in [1.82, 2.24) is 9.62 Å². The van der Waals surface area contributed by atoms with Gasteiger partial charge in [-0.1, -0.05) is 12.1 Å². The Morgan fingerprint density at radius 1 is 1.03 bits per heavy atom. The van der Waals surface area contributed by atoms with Crippen LogP contribution >= 0.6 is 0 Å². The van der Waals surface area contributed by atoms with Crippen molar-refractivity contribution in [2.24, 2.45) is 5.92 Å². The molecular weight excluding hydrogens is 404 g/mol. The summed E-state index contributed by atoms with van der Waals surface area (Å²) in [5, 5.41) is 2.93. The zero-order chi connectivity index (χ0) is 21.9. The molecule has 30 heavy (non-hydrogen) atoms. The molecule has 7 nitrogen and oxygen atoms in total. The first-order valence-electron chi connectivity index (χ1n) is 9.84. The Morgan fingerprint density at radius 3 is 2.30 bits per heavy atom. The second-order valence-electron chi connectivity index (χ2n) is 7.65. The lowest BCUT2D eigenvalue weighted by Gasteiger charge is -2.20. The number of amides is 1. The third kappa shape index (κ3) is 4.60. The zero-order valence-electron chi connectivity index (χ0n) is 17.7. The number of ether oxygens (including phenoxy) is 2. The van der Waals surface area contributed by atoms with Crippen LogP contribution in [-0.4, -0.2) is 52.0 Å². The molecule has 0 bridgehead atoms. The monoisotopic (exact) mass is 432 g/mol. The van der Waals surface area contributed by atoms with Crippen molar-refractivity contribution in [2.75, 3.05) is 27.3 Å². The van der Waals surface area contributed by atoms with Crippen LogP contribution in [0.15, 0.2) is 53.4 Å².